The molecule has 2 amide bonds. The maximum absolute atomic E-state index is 13.1. The average molecular weight is 417 g/mol. The van der Waals surface area contributed by atoms with Crippen molar-refractivity contribution in [1.29, 1.82) is 0 Å². The molecule has 1 aliphatic carbocycles. The number of nitrogens with one attached hydrogen (secondary N) is 3. The van der Waals surface area contributed by atoms with Crippen molar-refractivity contribution in [2.24, 2.45) is 5.92 Å². The molecule has 3 N–H and O–H groups in total. The Hall–Kier alpha value is -3.94. The van der Waals surface area contributed by atoms with Gasteiger partial charge in [0.25, 0.3) is 0 Å². The summed E-state index contributed by atoms with van der Waals surface area (Å²) < 4.78 is 0. The highest BCUT2D eigenvalue weighted by Gasteiger charge is 2.35. The van der Waals surface area contributed by atoms with Crippen LogP contribution in [0.2, 0.25) is 0 Å². The van der Waals surface area contributed by atoms with Gasteiger partial charge in [-0.05, 0) is 24.3 Å². The molecule has 0 spiro atoms. The van der Waals surface area contributed by atoms with Crippen molar-refractivity contribution in [2.45, 2.75) is 12.8 Å². The van der Waals surface area contributed by atoms with E-state index in [2.05, 4.69) is 20.6 Å². The molecule has 1 aliphatic rings. The van der Waals surface area contributed by atoms with Gasteiger partial charge in [-0.25, -0.2) is 4.98 Å². The predicted molar refractivity (Wildman–Crippen MR) is 118 cm³/mol. The number of H-pyrrole nitrogens is 1. The van der Waals surface area contributed by atoms with Crippen molar-refractivity contribution >= 4 is 35.3 Å². The van der Waals surface area contributed by atoms with Gasteiger partial charge in [0, 0.05) is 50.1 Å². The maximum atomic E-state index is 13.1. The molecular weight excluding hydrogens is 394 g/mol. The van der Waals surface area contributed by atoms with Gasteiger partial charge in [0.05, 0.1) is 22.9 Å². The molecule has 0 saturated heterocycles. The van der Waals surface area contributed by atoms with Crippen molar-refractivity contribution in [2.75, 3.05) is 24.7 Å². The van der Waals surface area contributed by atoms with Crippen LogP contribution >= 0.6 is 0 Å². The summed E-state index contributed by atoms with van der Waals surface area (Å²) in [5.74, 6) is -0.134. The summed E-state index contributed by atoms with van der Waals surface area (Å²) in [5.41, 5.74) is 4.26. The molecule has 2 aromatic heterocycles. The van der Waals surface area contributed by atoms with E-state index in [0.29, 0.717) is 35.6 Å². The number of carbonyl (C=O) groups excluding carboxylic acids is 3. The molecule has 0 aliphatic heterocycles. The van der Waals surface area contributed by atoms with Crippen LogP contribution in [-0.4, -0.2) is 47.1 Å². The number of carbonyl (C=O) groups is 3. The van der Waals surface area contributed by atoms with Gasteiger partial charge in [0.2, 0.25) is 12.3 Å². The molecule has 1 aromatic carbocycles. The number of hydrogen-bond donors (Lipinski definition) is 3. The fourth-order valence-electron chi connectivity index (χ4n) is 3.93. The van der Waals surface area contributed by atoms with Crippen LogP contribution in [0.25, 0.3) is 11.3 Å². The standard InChI is InChI=1S/C23H23N5O3/c1-28(2)23(31)15-10-17-20(18(30)11-15)22(26-16-6-4-3-5-7-16)21(27-17)14-8-9-24-19(12-14)25-13-29/h3-9,12-13,15,26-27H,10-11H2,1-2H3,(H,24,25,29). The van der Waals surface area contributed by atoms with Crippen LogP contribution in [0.5, 0.6) is 0 Å². The number of Topliss-reactive ketones (excluding diaryl/α,β-unsaturated/α-hetero) is 1. The van der Waals surface area contributed by atoms with Crippen molar-refractivity contribution in [3.8, 4) is 11.3 Å². The van der Waals surface area contributed by atoms with E-state index in [4.69, 9.17) is 0 Å². The number of amides is 2. The fourth-order valence-corrected chi connectivity index (χ4v) is 3.93. The van der Waals surface area contributed by atoms with E-state index < -0.39 is 5.92 Å². The molecule has 4 rings (SSSR count). The average Bonchev–Trinajstić information content (AvgIpc) is 3.13. The third kappa shape index (κ3) is 4.05. The van der Waals surface area contributed by atoms with E-state index in [-0.39, 0.29) is 18.1 Å². The van der Waals surface area contributed by atoms with Gasteiger partial charge in [-0.1, -0.05) is 18.2 Å². The number of aromatic amines is 1. The SMILES string of the molecule is CN(C)C(=O)C1CC(=O)c2c([nH]c(-c3ccnc(NC=O)c3)c2Nc2ccccc2)C1. The lowest BCUT2D eigenvalue weighted by molar-refractivity contribution is -0.133. The highest BCUT2D eigenvalue weighted by atomic mass is 16.2. The third-order valence-electron chi connectivity index (χ3n) is 5.33. The Bertz CT molecular complexity index is 1140. The molecule has 1 unspecified atom stereocenters. The van der Waals surface area contributed by atoms with Crippen molar-refractivity contribution in [1.82, 2.24) is 14.9 Å². The van der Waals surface area contributed by atoms with Gasteiger partial charge in [0.1, 0.15) is 5.82 Å². The summed E-state index contributed by atoms with van der Waals surface area (Å²) >= 11 is 0. The molecule has 158 valence electrons. The number of nitrogens with zero attached hydrogens (tertiary/aromatic N) is 2. The number of aromatic nitrogens is 2. The van der Waals surface area contributed by atoms with E-state index >= 15 is 0 Å². The van der Waals surface area contributed by atoms with E-state index in [1.807, 2.05) is 30.3 Å². The second kappa shape index (κ2) is 8.43. The minimum atomic E-state index is -0.393. The zero-order valence-electron chi connectivity index (χ0n) is 17.3. The Morgan fingerprint density at radius 1 is 1.19 bits per heavy atom. The Morgan fingerprint density at radius 2 is 1.97 bits per heavy atom. The predicted octanol–water partition coefficient (Wildman–Crippen LogP) is 3.22. The monoisotopic (exact) mass is 417 g/mol. The van der Waals surface area contributed by atoms with Crippen molar-refractivity contribution in [3.63, 3.8) is 0 Å². The number of ketones is 1. The first kappa shape index (κ1) is 20.3. The summed E-state index contributed by atoms with van der Waals surface area (Å²) in [7, 11) is 3.40. The first-order chi connectivity index (χ1) is 15.0. The number of para-hydroxylation sites is 1. The van der Waals surface area contributed by atoms with Crippen LogP contribution in [0.4, 0.5) is 17.2 Å². The van der Waals surface area contributed by atoms with Gasteiger partial charge in [0.15, 0.2) is 5.78 Å². The maximum Gasteiger partial charge on any atom is 0.226 e. The van der Waals surface area contributed by atoms with Crippen LogP contribution in [0.15, 0.2) is 48.7 Å². The van der Waals surface area contributed by atoms with Gasteiger partial charge < -0.3 is 20.5 Å². The molecule has 0 bridgehead atoms. The van der Waals surface area contributed by atoms with Crippen LogP contribution in [-0.2, 0) is 16.0 Å². The lowest BCUT2D eigenvalue weighted by Crippen LogP contribution is -2.35. The van der Waals surface area contributed by atoms with Gasteiger partial charge in [-0.3, -0.25) is 14.4 Å². The summed E-state index contributed by atoms with van der Waals surface area (Å²) in [6, 6.07) is 13.1. The normalized spacial score (nSPS) is 15.2. The van der Waals surface area contributed by atoms with Crippen LogP contribution in [0.1, 0.15) is 22.5 Å². The fraction of sp³-hybridized carbons (Fsp3) is 0.217. The Labute approximate surface area is 179 Å². The van der Waals surface area contributed by atoms with Crippen LogP contribution < -0.4 is 10.6 Å². The second-order valence-corrected chi connectivity index (χ2v) is 7.67. The number of pyridine rings is 1. The zero-order valence-corrected chi connectivity index (χ0v) is 17.3. The lowest BCUT2D eigenvalue weighted by Gasteiger charge is -2.24. The Morgan fingerprint density at radius 3 is 2.68 bits per heavy atom. The van der Waals surface area contributed by atoms with E-state index in [1.165, 1.54) is 4.90 Å². The minimum Gasteiger partial charge on any atom is -0.356 e. The largest absolute Gasteiger partial charge is 0.356 e. The third-order valence-corrected chi connectivity index (χ3v) is 5.33. The number of rotatable bonds is 6. The Kier molecular flexibility index (Phi) is 5.53. The quantitative estimate of drug-likeness (QED) is 0.534. The summed E-state index contributed by atoms with van der Waals surface area (Å²) in [5, 5.41) is 5.92. The summed E-state index contributed by atoms with van der Waals surface area (Å²) in [6.45, 7) is 0. The Balaban J connectivity index is 1.82. The first-order valence-corrected chi connectivity index (χ1v) is 9.95. The molecule has 0 radical (unpaired) electrons. The van der Waals surface area contributed by atoms with Crippen LogP contribution in [0, 0.1) is 5.92 Å². The first-order valence-electron chi connectivity index (χ1n) is 9.95. The molecule has 0 fully saturated rings. The van der Waals surface area contributed by atoms with E-state index in [9.17, 15) is 14.4 Å². The number of benzene rings is 1. The molecule has 1 atom stereocenters. The highest BCUT2D eigenvalue weighted by Crippen LogP contribution is 2.40. The number of fused-ring (bicyclic) bond motifs is 1. The van der Waals surface area contributed by atoms with Gasteiger partial charge in [-0.2, -0.15) is 0 Å². The van der Waals surface area contributed by atoms with E-state index in [0.717, 1.165) is 16.9 Å². The number of anilines is 3. The molecule has 3 aromatic rings. The second-order valence-electron chi connectivity index (χ2n) is 7.67. The zero-order chi connectivity index (χ0) is 22.0. The highest BCUT2D eigenvalue weighted by molar-refractivity contribution is 6.09. The molecule has 2 heterocycles. The molecule has 8 nitrogen and oxygen atoms in total. The van der Waals surface area contributed by atoms with Gasteiger partial charge >= 0.3 is 0 Å². The minimum absolute atomic E-state index is 0.0610. The van der Waals surface area contributed by atoms with Crippen molar-refractivity contribution < 1.29 is 14.4 Å². The number of hydrogen-bond acceptors (Lipinski definition) is 5. The molecule has 8 heteroatoms. The lowest BCUT2D eigenvalue weighted by atomic mass is 9.85. The molecule has 31 heavy (non-hydrogen) atoms. The molecule has 0 saturated carbocycles. The summed E-state index contributed by atoms with van der Waals surface area (Å²) in [6.07, 6.45) is 2.77. The topological polar surface area (TPSA) is 107 Å². The van der Waals surface area contributed by atoms with Crippen molar-refractivity contribution in [3.05, 3.63) is 59.9 Å². The summed E-state index contributed by atoms with van der Waals surface area (Å²) in [4.78, 5) is 45.5. The van der Waals surface area contributed by atoms with Crippen LogP contribution in [0.3, 0.4) is 0 Å². The van der Waals surface area contributed by atoms with Gasteiger partial charge in [-0.15, -0.1) is 0 Å². The smallest absolute Gasteiger partial charge is 0.226 e. The van der Waals surface area contributed by atoms with E-state index in [1.54, 1.807) is 32.4 Å². The molecular formula is C23H23N5O3.